The highest BCUT2D eigenvalue weighted by molar-refractivity contribution is 5.85. The van der Waals surface area contributed by atoms with Crippen molar-refractivity contribution in [1.29, 1.82) is 0 Å². The summed E-state index contributed by atoms with van der Waals surface area (Å²) in [5.74, 6) is 0.179. The van der Waals surface area contributed by atoms with Crippen LogP contribution in [0.4, 0.5) is 0 Å². The van der Waals surface area contributed by atoms with Crippen LogP contribution in [-0.2, 0) is 22.7 Å². The monoisotopic (exact) mass is 479 g/mol. The Labute approximate surface area is 212 Å². The van der Waals surface area contributed by atoms with Gasteiger partial charge >= 0.3 is 0 Å². The van der Waals surface area contributed by atoms with Gasteiger partial charge in [0.25, 0.3) is 0 Å². The maximum Gasteiger partial charge on any atom is 0.242 e. The van der Waals surface area contributed by atoms with Gasteiger partial charge < -0.3 is 14.4 Å². The molecule has 0 spiro atoms. The van der Waals surface area contributed by atoms with Crippen molar-refractivity contribution in [3.8, 4) is 0 Å². The zero-order chi connectivity index (χ0) is 25.3. The maximum atomic E-state index is 13.8. The Morgan fingerprint density at radius 3 is 2.34 bits per heavy atom. The number of aromatic nitrogens is 1. The van der Waals surface area contributed by atoms with Crippen LogP contribution >= 0.6 is 0 Å². The number of carbonyl (C=O) groups is 2. The van der Waals surface area contributed by atoms with E-state index in [9.17, 15) is 9.59 Å². The molecular formula is C30H45N3O2. The lowest BCUT2D eigenvalue weighted by Gasteiger charge is -2.36. The van der Waals surface area contributed by atoms with E-state index < -0.39 is 0 Å². The van der Waals surface area contributed by atoms with Gasteiger partial charge in [0.2, 0.25) is 11.8 Å². The highest BCUT2D eigenvalue weighted by Gasteiger charge is 2.29. The van der Waals surface area contributed by atoms with Crippen molar-refractivity contribution in [3.05, 3.63) is 59.9 Å². The minimum Gasteiger partial charge on any atom is -0.345 e. The molecule has 1 fully saturated rings. The summed E-state index contributed by atoms with van der Waals surface area (Å²) >= 11 is 0. The van der Waals surface area contributed by atoms with Gasteiger partial charge in [0.15, 0.2) is 0 Å². The van der Waals surface area contributed by atoms with Gasteiger partial charge in [-0.1, -0.05) is 83.7 Å². The average Bonchev–Trinajstić information content (AvgIpc) is 3.26. The van der Waals surface area contributed by atoms with E-state index in [-0.39, 0.29) is 29.8 Å². The predicted octanol–water partition coefficient (Wildman–Crippen LogP) is 6.26. The molecule has 0 unspecified atom stereocenters. The number of unbranched alkanes of at least 4 members (excludes halogenated alkanes) is 1. The standard InChI is InChI=1S/C30H45N3O2/c1-5-6-19-32(28(34)21-30(2,3)4)24-29(35)33(26-16-11-8-12-17-26)23-27-18-13-20-31(27)22-25-14-9-7-10-15-25/h7,9-10,13-15,18,20,26H,5-6,8,11-12,16-17,19,21-24H2,1-4H3. The van der Waals surface area contributed by atoms with E-state index in [1.807, 2.05) is 11.0 Å². The zero-order valence-corrected chi connectivity index (χ0v) is 22.3. The van der Waals surface area contributed by atoms with E-state index >= 15 is 0 Å². The molecule has 0 saturated heterocycles. The summed E-state index contributed by atoms with van der Waals surface area (Å²) in [5, 5.41) is 0. The highest BCUT2D eigenvalue weighted by atomic mass is 16.2. The first-order chi connectivity index (χ1) is 16.8. The second-order valence-electron chi connectivity index (χ2n) is 11.3. The van der Waals surface area contributed by atoms with E-state index in [0.29, 0.717) is 19.5 Å². The van der Waals surface area contributed by atoms with E-state index in [1.165, 1.54) is 24.8 Å². The molecule has 1 aromatic heterocycles. The molecule has 0 radical (unpaired) electrons. The Morgan fingerprint density at radius 2 is 1.69 bits per heavy atom. The lowest BCUT2D eigenvalue weighted by atomic mass is 9.91. The molecular weight excluding hydrogens is 434 g/mol. The van der Waals surface area contributed by atoms with Crippen molar-refractivity contribution < 1.29 is 9.59 Å². The van der Waals surface area contributed by atoms with Crippen LogP contribution in [0.5, 0.6) is 0 Å². The second-order valence-corrected chi connectivity index (χ2v) is 11.3. The minimum absolute atomic E-state index is 0.0859. The molecule has 5 heteroatoms. The molecule has 1 saturated carbocycles. The Hall–Kier alpha value is -2.56. The highest BCUT2D eigenvalue weighted by Crippen LogP contribution is 2.26. The normalized spacial score (nSPS) is 14.6. The van der Waals surface area contributed by atoms with Crippen LogP contribution in [0.15, 0.2) is 48.7 Å². The van der Waals surface area contributed by atoms with E-state index in [4.69, 9.17) is 0 Å². The first kappa shape index (κ1) is 27.0. The van der Waals surface area contributed by atoms with Crippen LogP contribution in [0.25, 0.3) is 0 Å². The lowest BCUT2D eigenvalue weighted by molar-refractivity contribution is -0.143. The molecule has 5 nitrogen and oxygen atoms in total. The van der Waals surface area contributed by atoms with Crippen molar-refractivity contribution in [2.45, 2.75) is 98.2 Å². The molecule has 192 valence electrons. The van der Waals surface area contributed by atoms with Crippen molar-refractivity contribution >= 4 is 11.8 Å². The molecule has 2 amide bonds. The largest absolute Gasteiger partial charge is 0.345 e. The SMILES string of the molecule is CCCCN(CC(=O)N(Cc1cccn1Cc1ccccc1)C1CCCCC1)C(=O)CC(C)(C)C. The van der Waals surface area contributed by atoms with Crippen LogP contribution in [0.1, 0.15) is 90.3 Å². The summed E-state index contributed by atoms with van der Waals surface area (Å²) in [7, 11) is 0. The number of benzene rings is 1. The van der Waals surface area contributed by atoms with Crippen LogP contribution in [0, 0.1) is 5.41 Å². The number of nitrogens with zero attached hydrogens (tertiary/aromatic N) is 3. The molecule has 0 bridgehead atoms. The topological polar surface area (TPSA) is 45.6 Å². The van der Waals surface area contributed by atoms with E-state index in [0.717, 1.165) is 37.9 Å². The maximum absolute atomic E-state index is 13.8. The van der Waals surface area contributed by atoms with Gasteiger partial charge in [0, 0.05) is 37.4 Å². The molecule has 35 heavy (non-hydrogen) atoms. The average molecular weight is 480 g/mol. The minimum atomic E-state index is -0.0913. The number of hydrogen-bond donors (Lipinski definition) is 0. The quantitative estimate of drug-likeness (QED) is 0.382. The van der Waals surface area contributed by atoms with E-state index in [2.05, 4.69) is 79.8 Å². The fourth-order valence-electron chi connectivity index (χ4n) is 4.98. The third kappa shape index (κ3) is 8.55. The van der Waals surface area contributed by atoms with Gasteiger partial charge in [-0.3, -0.25) is 9.59 Å². The Kier molecular flexibility index (Phi) is 10.00. The molecule has 0 aliphatic heterocycles. The van der Waals surface area contributed by atoms with Crippen molar-refractivity contribution in [3.63, 3.8) is 0 Å². The van der Waals surface area contributed by atoms with Crippen LogP contribution in [0.3, 0.4) is 0 Å². The van der Waals surface area contributed by atoms with Crippen LogP contribution in [0.2, 0.25) is 0 Å². The molecule has 1 heterocycles. The molecule has 2 aromatic rings. The molecule has 0 N–H and O–H groups in total. The van der Waals surface area contributed by atoms with Crippen molar-refractivity contribution in [2.24, 2.45) is 5.41 Å². The molecule has 1 aliphatic rings. The van der Waals surface area contributed by atoms with Crippen LogP contribution in [-0.4, -0.2) is 45.3 Å². The fourth-order valence-corrected chi connectivity index (χ4v) is 4.98. The third-order valence-corrected chi connectivity index (χ3v) is 6.93. The summed E-state index contributed by atoms with van der Waals surface area (Å²) in [6.45, 7) is 10.6. The van der Waals surface area contributed by atoms with Gasteiger partial charge in [-0.2, -0.15) is 0 Å². The first-order valence-electron chi connectivity index (χ1n) is 13.5. The van der Waals surface area contributed by atoms with Gasteiger partial charge in [0.1, 0.15) is 0 Å². The number of rotatable bonds is 11. The summed E-state index contributed by atoms with van der Waals surface area (Å²) in [6, 6.07) is 14.9. The number of amides is 2. The first-order valence-corrected chi connectivity index (χ1v) is 13.5. The second kappa shape index (κ2) is 12.9. The predicted molar refractivity (Wildman–Crippen MR) is 143 cm³/mol. The van der Waals surface area contributed by atoms with Gasteiger partial charge in [-0.25, -0.2) is 0 Å². The van der Waals surface area contributed by atoms with Crippen molar-refractivity contribution in [2.75, 3.05) is 13.1 Å². The lowest BCUT2D eigenvalue weighted by Crippen LogP contribution is -2.48. The molecule has 0 atom stereocenters. The summed E-state index contributed by atoms with van der Waals surface area (Å²) in [5.41, 5.74) is 2.30. The third-order valence-electron chi connectivity index (χ3n) is 6.93. The molecule has 1 aromatic carbocycles. The van der Waals surface area contributed by atoms with Gasteiger partial charge in [-0.15, -0.1) is 0 Å². The number of hydrogen-bond acceptors (Lipinski definition) is 2. The smallest absolute Gasteiger partial charge is 0.242 e. The summed E-state index contributed by atoms with van der Waals surface area (Å²) in [4.78, 5) is 30.8. The Bertz CT molecular complexity index is 923. The summed E-state index contributed by atoms with van der Waals surface area (Å²) < 4.78 is 2.25. The zero-order valence-electron chi connectivity index (χ0n) is 22.3. The molecule has 3 rings (SSSR count). The molecule has 1 aliphatic carbocycles. The summed E-state index contributed by atoms with van der Waals surface area (Å²) in [6.07, 6.45) is 10.2. The van der Waals surface area contributed by atoms with E-state index in [1.54, 1.807) is 0 Å². The number of carbonyl (C=O) groups excluding carboxylic acids is 2. The van der Waals surface area contributed by atoms with Crippen molar-refractivity contribution in [1.82, 2.24) is 14.4 Å². The van der Waals surface area contributed by atoms with Gasteiger partial charge in [-0.05, 0) is 42.4 Å². The van der Waals surface area contributed by atoms with Gasteiger partial charge in [0.05, 0.1) is 13.1 Å². The van der Waals surface area contributed by atoms with Crippen LogP contribution < -0.4 is 0 Å². The Morgan fingerprint density at radius 1 is 0.971 bits per heavy atom. The fraction of sp³-hybridized carbons (Fsp3) is 0.600. The Balaban J connectivity index is 1.78.